The van der Waals surface area contributed by atoms with Gasteiger partial charge in [-0.05, 0) is 31.5 Å². The van der Waals surface area contributed by atoms with Crippen molar-refractivity contribution in [3.05, 3.63) is 78.4 Å². The lowest BCUT2D eigenvalue weighted by atomic mass is 10.2. The zero-order chi connectivity index (χ0) is 29.0. The van der Waals surface area contributed by atoms with E-state index in [-0.39, 0.29) is 24.6 Å². The molecule has 2 aromatic carbocycles. The van der Waals surface area contributed by atoms with E-state index in [0.29, 0.717) is 17.0 Å². The molecular weight excluding hydrogens is 551 g/mol. The molecule has 3 heterocycles. The summed E-state index contributed by atoms with van der Waals surface area (Å²) in [6, 6.07) is 16.6. The Balaban J connectivity index is 1.34. The Bertz CT molecular complexity index is 1540. The molecule has 2 aromatic heterocycles. The lowest BCUT2D eigenvalue weighted by Gasteiger charge is -2.26. The van der Waals surface area contributed by atoms with Gasteiger partial charge in [0.25, 0.3) is 0 Å². The molecule has 1 aliphatic heterocycles. The molecule has 1 fully saturated rings. The van der Waals surface area contributed by atoms with Crippen LogP contribution in [0.3, 0.4) is 0 Å². The van der Waals surface area contributed by atoms with Crippen LogP contribution in [0.5, 0.6) is 5.75 Å². The minimum Gasteiger partial charge on any atom is -0.460 e. The van der Waals surface area contributed by atoms with Gasteiger partial charge in [0, 0.05) is 6.42 Å². The molecule has 4 aromatic rings. The van der Waals surface area contributed by atoms with Crippen LogP contribution < -0.4 is 15.3 Å². The molecule has 0 bridgehead atoms. The number of hydrogen-bond donors (Lipinski definition) is 3. The number of nitrogens with one attached hydrogen (secondary N) is 1. The second-order valence-corrected chi connectivity index (χ2v) is 11.2. The van der Waals surface area contributed by atoms with E-state index >= 15 is 0 Å². The molecular formula is C27H31N6O7P. The Hall–Kier alpha value is -3.87. The van der Waals surface area contributed by atoms with Crippen molar-refractivity contribution in [2.24, 2.45) is 0 Å². The summed E-state index contributed by atoms with van der Waals surface area (Å²) in [4.78, 5) is 25.6. The number of esters is 1. The third-order valence-corrected chi connectivity index (χ3v) is 8.11. The van der Waals surface area contributed by atoms with Gasteiger partial charge < -0.3 is 24.8 Å². The van der Waals surface area contributed by atoms with Crippen molar-refractivity contribution in [3.63, 3.8) is 0 Å². The highest BCUT2D eigenvalue weighted by Gasteiger charge is 2.44. The minimum atomic E-state index is -4.23. The van der Waals surface area contributed by atoms with Gasteiger partial charge in [0.1, 0.15) is 48.2 Å². The average molecular weight is 583 g/mol. The summed E-state index contributed by atoms with van der Waals surface area (Å²) in [5, 5.41) is 12.8. The highest BCUT2D eigenvalue weighted by Crippen LogP contribution is 2.49. The van der Waals surface area contributed by atoms with Gasteiger partial charge in [-0.15, -0.1) is 0 Å². The van der Waals surface area contributed by atoms with Crippen molar-refractivity contribution in [1.82, 2.24) is 24.6 Å². The number of anilines is 1. The van der Waals surface area contributed by atoms with Crippen LogP contribution in [0.1, 0.15) is 31.0 Å². The number of fused-ring (bicyclic) bond motifs is 1. The summed E-state index contributed by atoms with van der Waals surface area (Å²) in [6.07, 6.45) is -0.755. The smallest absolute Gasteiger partial charge is 0.459 e. The fraction of sp³-hybridized carbons (Fsp3) is 0.333. The Morgan fingerprint density at radius 2 is 1.90 bits per heavy atom. The molecule has 4 N–H and O–H groups in total. The number of para-hydroxylation sites is 1. The molecule has 216 valence electrons. The molecule has 0 spiro atoms. The summed E-state index contributed by atoms with van der Waals surface area (Å²) in [6.45, 7) is 2.83. The van der Waals surface area contributed by atoms with Crippen molar-refractivity contribution >= 4 is 30.7 Å². The van der Waals surface area contributed by atoms with Gasteiger partial charge >= 0.3 is 13.7 Å². The summed E-state index contributed by atoms with van der Waals surface area (Å²) >= 11 is 0. The molecule has 0 radical (unpaired) electrons. The van der Waals surface area contributed by atoms with Crippen molar-refractivity contribution in [2.45, 2.75) is 51.4 Å². The maximum Gasteiger partial charge on any atom is 0.459 e. The van der Waals surface area contributed by atoms with E-state index in [2.05, 4.69) is 20.0 Å². The highest BCUT2D eigenvalue weighted by atomic mass is 31.2. The number of nitrogen functional groups attached to an aromatic ring is 1. The molecule has 5 atom stereocenters. The predicted molar refractivity (Wildman–Crippen MR) is 148 cm³/mol. The molecule has 13 nitrogen and oxygen atoms in total. The fourth-order valence-electron chi connectivity index (χ4n) is 4.43. The number of aromatic nitrogens is 4. The minimum absolute atomic E-state index is 0.0491. The number of carbonyl (C=O) groups excluding carboxylic acids is 1. The number of aryl methyl sites for hydroxylation is 1. The standard InChI is InChI=1S/C27H31N6O7P/c1-17(27(35)37-15-19-9-5-3-6-10-19)32-41(36,39-20-11-7-4-8-12-20)40-21-13-23(38-22(21)14-34)33-16-29-24-25(28)30-18(2)31-26(24)33/h3-12,16-17,21-23,34H,13-15H2,1-2H3,(H,32,36)(H2,28,30,31)/t17-,21+,22+,23+,41?/m0/s1. The quantitative estimate of drug-likeness (QED) is 0.174. The first-order valence-corrected chi connectivity index (χ1v) is 14.5. The van der Waals surface area contributed by atoms with Crippen LogP contribution in [-0.2, 0) is 30.0 Å². The van der Waals surface area contributed by atoms with Crippen LogP contribution in [0.15, 0.2) is 67.0 Å². The average Bonchev–Trinajstić information content (AvgIpc) is 3.56. The van der Waals surface area contributed by atoms with Crippen LogP contribution in [-0.4, -0.2) is 55.5 Å². The Morgan fingerprint density at radius 1 is 1.20 bits per heavy atom. The van der Waals surface area contributed by atoms with Crippen LogP contribution in [0.4, 0.5) is 5.82 Å². The van der Waals surface area contributed by atoms with Crippen LogP contribution in [0.2, 0.25) is 0 Å². The van der Waals surface area contributed by atoms with Gasteiger partial charge in [0.2, 0.25) is 0 Å². The molecule has 1 unspecified atom stereocenters. The van der Waals surface area contributed by atoms with Crippen molar-refractivity contribution in [3.8, 4) is 5.75 Å². The molecule has 14 heteroatoms. The molecule has 5 rings (SSSR count). The number of nitrogens with two attached hydrogens (primary N) is 1. The maximum absolute atomic E-state index is 14.1. The Labute approximate surface area is 236 Å². The van der Waals surface area contributed by atoms with E-state index in [9.17, 15) is 14.5 Å². The van der Waals surface area contributed by atoms with Gasteiger partial charge in [0.15, 0.2) is 11.5 Å². The number of carbonyl (C=O) groups is 1. The predicted octanol–water partition coefficient (Wildman–Crippen LogP) is 3.29. The molecule has 1 saturated heterocycles. The monoisotopic (exact) mass is 582 g/mol. The number of aliphatic hydroxyl groups is 1. The molecule has 0 amide bonds. The van der Waals surface area contributed by atoms with Crippen molar-refractivity contribution < 1.29 is 33.0 Å². The number of aliphatic hydroxyl groups excluding tert-OH is 1. The van der Waals surface area contributed by atoms with E-state index < -0.39 is 44.8 Å². The summed E-state index contributed by atoms with van der Waals surface area (Å²) in [5.41, 5.74) is 7.67. The third-order valence-electron chi connectivity index (χ3n) is 6.40. The van der Waals surface area contributed by atoms with Crippen molar-refractivity contribution in [2.75, 3.05) is 12.3 Å². The topological polar surface area (TPSA) is 173 Å². The second kappa shape index (κ2) is 12.3. The van der Waals surface area contributed by atoms with Gasteiger partial charge in [-0.1, -0.05) is 48.5 Å². The number of rotatable bonds is 11. The first-order chi connectivity index (χ1) is 19.7. The van der Waals surface area contributed by atoms with Gasteiger partial charge in [-0.25, -0.2) is 19.5 Å². The van der Waals surface area contributed by atoms with Crippen LogP contribution in [0.25, 0.3) is 11.2 Å². The number of benzene rings is 2. The number of imidazole rings is 1. The van der Waals surface area contributed by atoms with E-state index in [0.717, 1.165) is 5.56 Å². The molecule has 0 saturated carbocycles. The van der Waals surface area contributed by atoms with Gasteiger partial charge in [-0.3, -0.25) is 13.9 Å². The first-order valence-electron chi connectivity index (χ1n) is 13.0. The Kier molecular flexibility index (Phi) is 8.62. The van der Waals surface area contributed by atoms with Gasteiger partial charge in [-0.2, -0.15) is 5.09 Å². The van der Waals surface area contributed by atoms with Crippen LogP contribution in [0, 0.1) is 6.92 Å². The fourth-order valence-corrected chi connectivity index (χ4v) is 6.14. The van der Waals surface area contributed by atoms with E-state index in [1.54, 1.807) is 41.8 Å². The second-order valence-electron chi connectivity index (χ2n) is 9.52. The number of hydrogen-bond acceptors (Lipinski definition) is 11. The zero-order valence-electron chi connectivity index (χ0n) is 22.5. The van der Waals surface area contributed by atoms with E-state index in [1.165, 1.54) is 13.3 Å². The summed E-state index contributed by atoms with van der Waals surface area (Å²) in [7, 11) is -4.23. The number of ether oxygens (including phenoxy) is 2. The van der Waals surface area contributed by atoms with Gasteiger partial charge in [0.05, 0.1) is 12.9 Å². The normalized spacial score (nSPS) is 20.9. The van der Waals surface area contributed by atoms with Crippen LogP contribution >= 0.6 is 7.75 Å². The molecule has 1 aliphatic rings. The highest BCUT2D eigenvalue weighted by molar-refractivity contribution is 7.52. The summed E-state index contributed by atoms with van der Waals surface area (Å²) in [5.74, 6) is 0.298. The van der Waals surface area contributed by atoms with E-state index in [1.807, 2.05) is 30.3 Å². The van der Waals surface area contributed by atoms with E-state index in [4.69, 9.17) is 24.3 Å². The Morgan fingerprint density at radius 3 is 2.61 bits per heavy atom. The first kappa shape index (κ1) is 28.7. The third kappa shape index (κ3) is 6.72. The molecule has 41 heavy (non-hydrogen) atoms. The van der Waals surface area contributed by atoms with Crippen molar-refractivity contribution in [1.29, 1.82) is 0 Å². The SMILES string of the molecule is Cc1nc(N)c2ncn([C@H]3C[C@@H](OP(=O)(N[C@@H](C)C(=O)OCc4ccccc4)Oc4ccccc4)[C@@H](CO)O3)c2n1. The largest absolute Gasteiger partial charge is 0.460 e. The molecule has 0 aliphatic carbocycles. The number of nitrogens with zero attached hydrogens (tertiary/aromatic N) is 4. The lowest BCUT2D eigenvalue weighted by molar-refractivity contribution is -0.146. The lowest BCUT2D eigenvalue weighted by Crippen LogP contribution is -2.37. The zero-order valence-corrected chi connectivity index (χ0v) is 23.4. The maximum atomic E-state index is 14.1. The summed E-state index contributed by atoms with van der Waals surface area (Å²) < 4.78 is 39.0.